The predicted molar refractivity (Wildman–Crippen MR) is 85.8 cm³/mol. The van der Waals surface area contributed by atoms with Crippen LogP contribution >= 0.6 is 12.2 Å². The average Bonchev–Trinajstić information content (AvgIpc) is 2.39. The van der Waals surface area contributed by atoms with Crippen LogP contribution in [-0.4, -0.2) is 36.6 Å². The van der Waals surface area contributed by atoms with Gasteiger partial charge in [0.25, 0.3) is 0 Å². The number of anilines is 1. The summed E-state index contributed by atoms with van der Waals surface area (Å²) in [5.74, 6) is 0.745. The van der Waals surface area contributed by atoms with Crippen molar-refractivity contribution in [2.45, 2.75) is 19.8 Å². The van der Waals surface area contributed by atoms with Crippen molar-refractivity contribution in [1.29, 1.82) is 0 Å². The molecule has 4 heteroatoms. The Labute approximate surface area is 121 Å². The Hall–Kier alpha value is -1.13. The molecule has 0 radical (unpaired) electrons. The average molecular weight is 277 g/mol. The predicted octanol–water partition coefficient (Wildman–Crippen LogP) is 2.38. The van der Waals surface area contributed by atoms with Gasteiger partial charge in [-0.05, 0) is 57.5 Å². The fraction of sp³-hybridized carbons (Fsp3) is 0.533. The van der Waals surface area contributed by atoms with Gasteiger partial charge >= 0.3 is 0 Å². The van der Waals surface area contributed by atoms with Crippen molar-refractivity contribution in [2.24, 2.45) is 11.7 Å². The van der Waals surface area contributed by atoms with Crippen molar-refractivity contribution in [3.63, 3.8) is 0 Å². The molecule has 3 N–H and O–H groups in total. The fourth-order valence-corrected chi connectivity index (χ4v) is 2.79. The van der Waals surface area contributed by atoms with Crippen LogP contribution in [0.5, 0.6) is 0 Å². The third-order valence-corrected chi connectivity index (χ3v) is 4.16. The molecule has 1 fully saturated rings. The summed E-state index contributed by atoms with van der Waals surface area (Å²) in [6, 6.07) is 6.09. The van der Waals surface area contributed by atoms with Crippen LogP contribution in [0.2, 0.25) is 0 Å². The second-order valence-corrected chi connectivity index (χ2v) is 5.93. The highest BCUT2D eigenvalue weighted by Crippen LogP contribution is 2.23. The first-order valence-electron chi connectivity index (χ1n) is 6.89. The maximum Gasteiger partial charge on any atom is 0.106 e. The van der Waals surface area contributed by atoms with E-state index in [1.165, 1.54) is 31.5 Å². The molecule has 0 bridgehead atoms. The fourth-order valence-electron chi connectivity index (χ4n) is 2.62. The molecular formula is C15H23N3S. The van der Waals surface area contributed by atoms with Crippen LogP contribution in [0.25, 0.3) is 0 Å². The molecule has 1 aliphatic rings. The van der Waals surface area contributed by atoms with E-state index in [2.05, 4.69) is 30.3 Å². The van der Waals surface area contributed by atoms with Gasteiger partial charge in [-0.3, -0.25) is 0 Å². The monoisotopic (exact) mass is 277 g/mol. The molecule has 19 heavy (non-hydrogen) atoms. The number of piperidine rings is 1. The van der Waals surface area contributed by atoms with Crippen molar-refractivity contribution in [2.75, 3.05) is 32.0 Å². The Balaban J connectivity index is 2.01. The minimum atomic E-state index is 0.467. The molecule has 1 saturated heterocycles. The van der Waals surface area contributed by atoms with Gasteiger partial charge in [0.15, 0.2) is 0 Å². The van der Waals surface area contributed by atoms with Crippen LogP contribution in [0, 0.1) is 12.8 Å². The lowest BCUT2D eigenvalue weighted by atomic mass is 9.96. The number of nitrogens with two attached hydrogens (primary N) is 1. The van der Waals surface area contributed by atoms with E-state index < -0.39 is 0 Å². The minimum Gasteiger partial charge on any atom is -0.389 e. The first-order chi connectivity index (χ1) is 9.08. The highest BCUT2D eigenvalue weighted by molar-refractivity contribution is 7.80. The largest absolute Gasteiger partial charge is 0.389 e. The zero-order valence-corrected chi connectivity index (χ0v) is 12.6. The van der Waals surface area contributed by atoms with Crippen LogP contribution in [0.15, 0.2) is 18.2 Å². The van der Waals surface area contributed by atoms with Gasteiger partial charge in [0.05, 0.1) is 0 Å². The van der Waals surface area contributed by atoms with Gasteiger partial charge < -0.3 is 16.0 Å². The Morgan fingerprint density at radius 1 is 1.42 bits per heavy atom. The van der Waals surface area contributed by atoms with Crippen molar-refractivity contribution < 1.29 is 0 Å². The van der Waals surface area contributed by atoms with Gasteiger partial charge in [-0.25, -0.2) is 0 Å². The van der Waals surface area contributed by atoms with Gasteiger partial charge in [0, 0.05) is 17.8 Å². The third-order valence-electron chi connectivity index (χ3n) is 3.94. The molecule has 2 rings (SSSR count). The number of nitrogens with one attached hydrogen (secondary N) is 1. The summed E-state index contributed by atoms with van der Waals surface area (Å²) in [6.45, 7) is 5.50. The minimum absolute atomic E-state index is 0.467. The zero-order valence-electron chi connectivity index (χ0n) is 11.8. The molecule has 1 aromatic carbocycles. The van der Waals surface area contributed by atoms with Crippen molar-refractivity contribution in [3.05, 3.63) is 29.3 Å². The maximum absolute atomic E-state index is 5.80. The normalized spacial score (nSPS) is 17.4. The number of aryl methyl sites for hydroxylation is 1. The molecule has 0 atom stereocenters. The van der Waals surface area contributed by atoms with Crippen molar-refractivity contribution in [1.82, 2.24) is 4.90 Å². The lowest BCUT2D eigenvalue weighted by Gasteiger charge is -2.29. The van der Waals surface area contributed by atoms with E-state index in [4.69, 9.17) is 18.0 Å². The molecule has 0 amide bonds. The van der Waals surface area contributed by atoms with Crippen LogP contribution in [0.1, 0.15) is 24.0 Å². The third kappa shape index (κ3) is 3.67. The van der Waals surface area contributed by atoms with Crippen LogP contribution < -0.4 is 11.1 Å². The summed E-state index contributed by atoms with van der Waals surface area (Å²) in [5, 5.41) is 3.56. The number of benzene rings is 1. The molecule has 0 saturated carbocycles. The van der Waals surface area contributed by atoms with Crippen LogP contribution in [-0.2, 0) is 0 Å². The Morgan fingerprint density at radius 3 is 2.74 bits per heavy atom. The summed E-state index contributed by atoms with van der Waals surface area (Å²) in [5.41, 5.74) is 9.07. The smallest absolute Gasteiger partial charge is 0.106 e. The topological polar surface area (TPSA) is 41.3 Å². The lowest BCUT2D eigenvalue weighted by molar-refractivity contribution is 0.226. The summed E-state index contributed by atoms with van der Waals surface area (Å²) < 4.78 is 0. The van der Waals surface area contributed by atoms with E-state index in [0.29, 0.717) is 4.99 Å². The van der Waals surface area contributed by atoms with Gasteiger partial charge in [-0.2, -0.15) is 0 Å². The molecule has 1 aromatic rings. The number of hydrogen-bond acceptors (Lipinski definition) is 3. The van der Waals surface area contributed by atoms with Crippen molar-refractivity contribution >= 4 is 22.9 Å². The summed E-state index contributed by atoms with van der Waals surface area (Å²) in [6.07, 6.45) is 2.52. The first kappa shape index (κ1) is 14.3. The Morgan fingerprint density at radius 2 is 2.11 bits per heavy atom. The number of likely N-dealkylation sites (tertiary alicyclic amines) is 1. The summed E-state index contributed by atoms with van der Waals surface area (Å²) >= 11 is 5.13. The van der Waals surface area contributed by atoms with Crippen molar-refractivity contribution in [3.8, 4) is 0 Å². The molecule has 104 valence electrons. The zero-order chi connectivity index (χ0) is 13.8. The molecule has 0 spiro atoms. The highest BCUT2D eigenvalue weighted by Gasteiger charge is 2.17. The van der Waals surface area contributed by atoms with E-state index in [1.54, 1.807) is 0 Å². The highest BCUT2D eigenvalue weighted by atomic mass is 32.1. The van der Waals surface area contributed by atoms with E-state index in [1.807, 2.05) is 12.1 Å². The van der Waals surface area contributed by atoms with E-state index in [0.717, 1.165) is 23.7 Å². The lowest BCUT2D eigenvalue weighted by Crippen LogP contribution is -2.33. The molecular weight excluding hydrogens is 254 g/mol. The van der Waals surface area contributed by atoms with Gasteiger partial charge in [0.1, 0.15) is 4.99 Å². The van der Waals surface area contributed by atoms with Gasteiger partial charge in [-0.15, -0.1) is 0 Å². The SMILES string of the molecule is Cc1cccc(C(N)=S)c1NCC1CCN(C)CC1. The number of rotatable bonds is 4. The Kier molecular flexibility index (Phi) is 4.77. The van der Waals surface area contributed by atoms with E-state index in [9.17, 15) is 0 Å². The molecule has 0 aromatic heterocycles. The molecule has 0 unspecified atom stereocenters. The molecule has 1 heterocycles. The molecule has 1 aliphatic heterocycles. The number of para-hydroxylation sites is 1. The van der Waals surface area contributed by atoms with E-state index >= 15 is 0 Å². The summed E-state index contributed by atoms with van der Waals surface area (Å²) in [4.78, 5) is 2.86. The van der Waals surface area contributed by atoms with Gasteiger partial charge in [0.2, 0.25) is 0 Å². The Bertz CT molecular complexity index is 451. The van der Waals surface area contributed by atoms with Gasteiger partial charge in [-0.1, -0.05) is 24.4 Å². The first-order valence-corrected chi connectivity index (χ1v) is 7.30. The number of thiocarbonyl (C=S) groups is 1. The maximum atomic E-state index is 5.80. The molecule has 0 aliphatic carbocycles. The van der Waals surface area contributed by atoms with Crippen LogP contribution in [0.4, 0.5) is 5.69 Å². The standard InChI is InChI=1S/C15H23N3S/c1-11-4-3-5-13(15(16)19)14(11)17-10-12-6-8-18(2)9-7-12/h3-5,12,17H,6-10H2,1-2H3,(H2,16,19). The number of nitrogens with zero attached hydrogens (tertiary/aromatic N) is 1. The quantitative estimate of drug-likeness (QED) is 0.829. The van der Waals surface area contributed by atoms with E-state index in [-0.39, 0.29) is 0 Å². The molecule has 3 nitrogen and oxygen atoms in total. The second-order valence-electron chi connectivity index (χ2n) is 5.49. The number of hydrogen-bond donors (Lipinski definition) is 2. The van der Waals surface area contributed by atoms with Crippen LogP contribution in [0.3, 0.4) is 0 Å². The summed E-state index contributed by atoms with van der Waals surface area (Å²) in [7, 11) is 2.19. The second kappa shape index (κ2) is 6.35.